The highest BCUT2D eigenvalue weighted by Crippen LogP contribution is 2.30. The third-order valence-electron chi connectivity index (χ3n) is 5.28. The molecule has 8 heteroatoms. The first kappa shape index (κ1) is 16.8. The zero-order valence-electron chi connectivity index (χ0n) is 14.3. The van der Waals surface area contributed by atoms with Crippen LogP contribution in [-0.2, 0) is 4.79 Å². The molecule has 0 unspecified atom stereocenters. The van der Waals surface area contributed by atoms with Crippen LogP contribution in [0.3, 0.4) is 0 Å². The number of nitrogens with zero attached hydrogens (tertiary/aromatic N) is 5. The summed E-state index contributed by atoms with van der Waals surface area (Å²) in [4.78, 5) is 14.9. The largest absolute Gasteiger partial charge is 0.355 e. The summed E-state index contributed by atoms with van der Waals surface area (Å²) in [7, 11) is 0. The lowest BCUT2D eigenvalue weighted by atomic mass is 9.83. The average Bonchev–Trinajstić information content (AvgIpc) is 3.12. The number of thioether (sulfide) groups is 1. The summed E-state index contributed by atoms with van der Waals surface area (Å²) in [6.07, 6.45) is 8.01. The fraction of sp³-hybridized carbons (Fsp3) is 0.647. The first-order valence-electron chi connectivity index (χ1n) is 9.10. The van der Waals surface area contributed by atoms with E-state index in [9.17, 15) is 4.79 Å². The van der Waals surface area contributed by atoms with Crippen molar-refractivity contribution in [1.29, 1.82) is 0 Å². The number of amides is 1. The zero-order chi connectivity index (χ0) is 17.1. The van der Waals surface area contributed by atoms with Crippen LogP contribution in [0.1, 0.15) is 32.1 Å². The van der Waals surface area contributed by atoms with Crippen molar-refractivity contribution in [3.8, 4) is 0 Å². The van der Waals surface area contributed by atoms with E-state index in [1.165, 1.54) is 57.0 Å². The second-order valence-electron chi connectivity index (χ2n) is 6.90. The normalized spacial score (nSPS) is 24.2. The maximum Gasteiger partial charge on any atom is 0.230 e. The molecule has 2 aromatic heterocycles. The van der Waals surface area contributed by atoms with E-state index in [4.69, 9.17) is 0 Å². The van der Waals surface area contributed by atoms with Crippen molar-refractivity contribution in [3.05, 3.63) is 18.5 Å². The van der Waals surface area contributed by atoms with Crippen LogP contribution in [0, 0.1) is 5.92 Å². The molecular formula is C17H24N6OS. The van der Waals surface area contributed by atoms with Crippen molar-refractivity contribution in [3.63, 3.8) is 0 Å². The predicted octanol–water partition coefficient (Wildman–Crippen LogP) is 1.60. The Morgan fingerprint density at radius 3 is 3.12 bits per heavy atom. The lowest BCUT2D eigenvalue weighted by molar-refractivity contribution is -0.119. The molecule has 4 heterocycles. The van der Waals surface area contributed by atoms with Crippen LogP contribution in [0.15, 0.2) is 23.5 Å². The van der Waals surface area contributed by atoms with E-state index in [0.29, 0.717) is 23.4 Å². The molecule has 0 spiro atoms. The van der Waals surface area contributed by atoms with Gasteiger partial charge in [-0.3, -0.25) is 4.79 Å². The minimum Gasteiger partial charge on any atom is -0.355 e. The number of carbonyl (C=O) groups excluding carboxylic acids is 1. The Bertz CT molecular complexity index is 733. The maximum absolute atomic E-state index is 12.2. The molecule has 0 aliphatic carbocycles. The number of aromatic nitrogens is 4. The summed E-state index contributed by atoms with van der Waals surface area (Å²) in [6, 6.07) is 4.41. The van der Waals surface area contributed by atoms with Gasteiger partial charge in [0.15, 0.2) is 5.65 Å². The Hall–Kier alpha value is -1.67. The number of hydrogen-bond donors (Lipinski definition) is 1. The van der Waals surface area contributed by atoms with Gasteiger partial charge in [-0.1, -0.05) is 18.2 Å². The molecule has 2 aliphatic rings. The van der Waals surface area contributed by atoms with Gasteiger partial charge >= 0.3 is 0 Å². The minimum absolute atomic E-state index is 0.0867. The smallest absolute Gasteiger partial charge is 0.230 e. The summed E-state index contributed by atoms with van der Waals surface area (Å²) in [5.74, 6) is 1.08. The van der Waals surface area contributed by atoms with E-state index in [1.807, 2.05) is 12.1 Å². The Balaban J connectivity index is 1.25. The van der Waals surface area contributed by atoms with E-state index in [2.05, 4.69) is 25.5 Å². The number of rotatable bonds is 5. The molecule has 7 nitrogen and oxygen atoms in total. The molecule has 2 fully saturated rings. The van der Waals surface area contributed by atoms with Gasteiger partial charge in [0.05, 0.1) is 5.75 Å². The van der Waals surface area contributed by atoms with Crippen LogP contribution < -0.4 is 5.32 Å². The Morgan fingerprint density at radius 2 is 2.16 bits per heavy atom. The maximum atomic E-state index is 12.2. The predicted molar refractivity (Wildman–Crippen MR) is 96.5 cm³/mol. The Labute approximate surface area is 151 Å². The van der Waals surface area contributed by atoms with Gasteiger partial charge in [0, 0.05) is 12.6 Å². The molecule has 2 atom stereocenters. The topological polar surface area (TPSA) is 75.4 Å². The molecule has 0 aromatic carbocycles. The summed E-state index contributed by atoms with van der Waals surface area (Å²) >= 11 is 1.45. The minimum atomic E-state index is 0.0867. The second-order valence-corrected chi connectivity index (χ2v) is 7.90. The average molecular weight is 360 g/mol. The van der Waals surface area contributed by atoms with Crippen LogP contribution in [-0.4, -0.2) is 62.0 Å². The number of fused-ring (bicyclic) bond motifs is 2. The molecule has 25 heavy (non-hydrogen) atoms. The standard InChI is InChI=1S/C17H24N6OS/c24-16(11-25-17-7-6-15-20-19-12-23(15)21-17)18-10-13-4-3-9-22-8-2-1-5-14(13)22/h6-7,12-14H,1-5,8-11H2,(H,18,24)/t13-,14+/m1/s1. The second kappa shape index (κ2) is 7.70. The molecule has 1 amide bonds. The highest BCUT2D eigenvalue weighted by molar-refractivity contribution is 7.99. The molecule has 0 bridgehead atoms. The molecule has 134 valence electrons. The van der Waals surface area contributed by atoms with E-state index in [0.717, 1.165) is 11.6 Å². The highest BCUT2D eigenvalue weighted by Gasteiger charge is 2.32. The van der Waals surface area contributed by atoms with Crippen molar-refractivity contribution in [2.24, 2.45) is 5.92 Å². The Kier molecular flexibility index (Phi) is 5.17. The van der Waals surface area contributed by atoms with Gasteiger partial charge in [0.1, 0.15) is 11.4 Å². The fourth-order valence-corrected chi connectivity index (χ4v) is 4.73. The molecule has 0 radical (unpaired) electrons. The van der Waals surface area contributed by atoms with Gasteiger partial charge in [-0.2, -0.15) is 9.61 Å². The van der Waals surface area contributed by atoms with Crippen molar-refractivity contribution in [1.82, 2.24) is 30.0 Å². The van der Waals surface area contributed by atoms with E-state index in [1.54, 1.807) is 10.8 Å². The van der Waals surface area contributed by atoms with Crippen molar-refractivity contribution in [2.75, 3.05) is 25.4 Å². The van der Waals surface area contributed by atoms with Gasteiger partial charge in [-0.25, -0.2) is 0 Å². The third kappa shape index (κ3) is 3.95. The van der Waals surface area contributed by atoms with Gasteiger partial charge < -0.3 is 10.2 Å². The van der Waals surface area contributed by atoms with Crippen molar-refractivity contribution < 1.29 is 4.79 Å². The third-order valence-corrected chi connectivity index (χ3v) is 6.20. The summed E-state index contributed by atoms with van der Waals surface area (Å²) < 4.78 is 1.62. The molecule has 1 N–H and O–H groups in total. The summed E-state index contributed by atoms with van der Waals surface area (Å²) in [5.41, 5.74) is 0.711. The number of nitrogens with one attached hydrogen (secondary N) is 1. The van der Waals surface area contributed by atoms with Crippen LogP contribution in [0.5, 0.6) is 0 Å². The van der Waals surface area contributed by atoms with Gasteiger partial charge in [0.25, 0.3) is 0 Å². The SMILES string of the molecule is O=C(CSc1ccc2nncn2n1)NC[C@H]1CCCN2CCCC[C@@H]12. The quantitative estimate of drug-likeness (QED) is 0.816. The fourth-order valence-electron chi connectivity index (χ4n) is 4.04. The molecule has 2 saturated heterocycles. The molecule has 4 rings (SSSR count). The molecule has 2 aromatic rings. The van der Waals surface area contributed by atoms with Crippen molar-refractivity contribution >= 4 is 23.3 Å². The van der Waals surface area contributed by atoms with Gasteiger partial charge in [-0.05, 0) is 56.8 Å². The lowest BCUT2D eigenvalue weighted by Gasteiger charge is -2.44. The summed E-state index contributed by atoms with van der Waals surface area (Å²) in [6.45, 7) is 3.28. The number of piperidine rings is 2. The monoisotopic (exact) mass is 360 g/mol. The van der Waals surface area contributed by atoms with Crippen LogP contribution in [0.4, 0.5) is 0 Å². The van der Waals surface area contributed by atoms with Crippen LogP contribution >= 0.6 is 11.8 Å². The van der Waals surface area contributed by atoms with E-state index >= 15 is 0 Å². The van der Waals surface area contributed by atoms with Crippen LogP contribution in [0.2, 0.25) is 0 Å². The Morgan fingerprint density at radius 1 is 1.24 bits per heavy atom. The molecular weight excluding hydrogens is 336 g/mol. The molecule has 2 aliphatic heterocycles. The van der Waals surface area contributed by atoms with Gasteiger partial charge in [0.2, 0.25) is 5.91 Å². The molecule has 0 saturated carbocycles. The van der Waals surface area contributed by atoms with Gasteiger partial charge in [-0.15, -0.1) is 10.2 Å². The highest BCUT2D eigenvalue weighted by atomic mass is 32.2. The number of hydrogen-bond acceptors (Lipinski definition) is 6. The first-order valence-corrected chi connectivity index (χ1v) is 10.1. The first-order chi connectivity index (χ1) is 12.3. The summed E-state index contributed by atoms with van der Waals surface area (Å²) in [5, 5.41) is 16.1. The number of carbonyl (C=O) groups is 1. The van der Waals surface area contributed by atoms with Crippen LogP contribution in [0.25, 0.3) is 5.65 Å². The zero-order valence-corrected chi connectivity index (χ0v) is 15.1. The van der Waals surface area contributed by atoms with E-state index < -0.39 is 0 Å². The lowest BCUT2D eigenvalue weighted by Crippen LogP contribution is -2.51. The van der Waals surface area contributed by atoms with E-state index in [-0.39, 0.29) is 5.91 Å². The van der Waals surface area contributed by atoms with Crippen molar-refractivity contribution in [2.45, 2.75) is 43.2 Å².